The Labute approximate surface area is 108 Å². The first kappa shape index (κ1) is 12.7. The topological polar surface area (TPSA) is 54.0 Å². The highest BCUT2D eigenvalue weighted by Gasteiger charge is 2.02. The van der Waals surface area contributed by atoms with Crippen molar-refractivity contribution in [2.75, 3.05) is 11.9 Å². The van der Waals surface area contributed by atoms with Crippen LogP contribution in [0.4, 0.5) is 10.1 Å². The van der Waals surface area contributed by atoms with Crippen molar-refractivity contribution < 1.29 is 9.18 Å². The molecule has 18 heavy (non-hydrogen) atoms. The zero-order valence-corrected chi connectivity index (χ0v) is 10.3. The number of anilines is 1. The first-order chi connectivity index (χ1) is 8.74. The molecule has 0 atom stereocenters. The van der Waals surface area contributed by atoms with Crippen molar-refractivity contribution in [2.24, 2.45) is 0 Å². The molecule has 1 aromatic carbocycles. The van der Waals surface area contributed by atoms with E-state index < -0.39 is 0 Å². The number of rotatable bonds is 5. The van der Waals surface area contributed by atoms with Crippen LogP contribution in [-0.2, 0) is 11.3 Å². The van der Waals surface area contributed by atoms with Crippen molar-refractivity contribution in [3.63, 3.8) is 0 Å². The number of carbonyl (C=O) groups excluding carboxylic acids is 1. The molecule has 0 bridgehead atoms. The maximum atomic E-state index is 12.7. The third-order valence-electron chi connectivity index (χ3n) is 2.20. The summed E-state index contributed by atoms with van der Waals surface area (Å²) in [6.07, 6.45) is 1.76. The first-order valence-electron chi connectivity index (χ1n) is 5.37. The molecule has 4 nitrogen and oxygen atoms in total. The minimum Gasteiger partial charge on any atom is -0.325 e. The van der Waals surface area contributed by atoms with Gasteiger partial charge in [0, 0.05) is 23.3 Å². The van der Waals surface area contributed by atoms with Crippen molar-refractivity contribution in [1.82, 2.24) is 10.3 Å². The minimum absolute atomic E-state index is 0.161. The highest BCUT2D eigenvalue weighted by Crippen LogP contribution is 2.08. The number of thiazole rings is 1. The summed E-state index contributed by atoms with van der Waals surface area (Å²) in [6, 6.07) is 5.66. The van der Waals surface area contributed by atoms with Gasteiger partial charge in [-0.05, 0) is 24.3 Å². The van der Waals surface area contributed by atoms with Crippen molar-refractivity contribution in [2.45, 2.75) is 6.54 Å². The largest absolute Gasteiger partial charge is 0.325 e. The van der Waals surface area contributed by atoms with Gasteiger partial charge < -0.3 is 10.6 Å². The van der Waals surface area contributed by atoms with Crippen molar-refractivity contribution in [3.05, 3.63) is 46.7 Å². The fraction of sp³-hybridized carbons (Fsp3) is 0.167. The van der Waals surface area contributed by atoms with Crippen LogP contribution in [0, 0.1) is 5.82 Å². The summed E-state index contributed by atoms with van der Waals surface area (Å²) in [5.74, 6) is -0.484. The third kappa shape index (κ3) is 3.90. The normalized spacial score (nSPS) is 10.3. The van der Waals surface area contributed by atoms with Gasteiger partial charge in [-0.25, -0.2) is 4.39 Å². The van der Waals surface area contributed by atoms with E-state index in [0.29, 0.717) is 12.2 Å². The second-order valence-electron chi connectivity index (χ2n) is 3.63. The molecule has 0 saturated heterocycles. The molecule has 1 heterocycles. The number of halogens is 1. The summed E-state index contributed by atoms with van der Waals surface area (Å²) in [5.41, 5.74) is 2.33. The fourth-order valence-electron chi connectivity index (χ4n) is 1.37. The average Bonchev–Trinajstić information content (AvgIpc) is 2.85. The van der Waals surface area contributed by atoms with Crippen LogP contribution in [0.1, 0.15) is 4.88 Å². The number of hydrogen-bond donors (Lipinski definition) is 2. The number of hydrogen-bond acceptors (Lipinski definition) is 4. The molecule has 0 aliphatic rings. The lowest BCUT2D eigenvalue weighted by Gasteiger charge is -2.05. The second kappa shape index (κ2) is 6.23. The first-order valence-corrected chi connectivity index (χ1v) is 6.25. The molecule has 2 N–H and O–H groups in total. The molecular formula is C12H12FN3OS. The van der Waals surface area contributed by atoms with E-state index in [2.05, 4.69) is 15.6 Å². The van der Waals surface area contributed by atoms with Gasteiger partial charge in [-0.2, -0.15) is 0 Å². The van der Waals surface area contributed by atoms with Gasteiger partial charge in [0.05, 0.1) is 12.1 Å². The summed E-state index contributed by atoms with van der Waals surface area (Å²) in [7, 11) is 0. The van der Waals surface area contributed by atoms with E-state index in [-0.39, 0.29) is 18.3 Å². The van der Waals surface area contributed by atoms with Gasteiger partial charge in [0.15, 0.2) is 0 Å². The predicted molar refractivity (Wildman–Crippen MR) is 68.9 cm³/mol. The summed E-state index contributed by atoms with van der Waals surface area (Å²) >= 11 is 1.53. The van der Waals surface area contributed by atoms with Crippen LogP contribution in [0.25, 0.3) is 0 Å². The molecule has 0 spiro atoms. The molecule has 0 aliphatic carbocycles. The Balaban J connectivity index is 1.73. The van der Waals surface area contributed by atoms with Crippen molar-refractivity contribution >= 4 is 22.9 Å². The van der Waals surface area contributed by atoms with E-state index in [4.69, 9.17) is 0 Å². The van der Waals surface area contributed by atoms with Crippen LogP contribution < -0.4 is 10.6 Å². The minimum atomic E-state index is -0.323. The Hall–Kier alpha value is -1.79. The Morgan fingerprint density at radius 2 is 2.11 bits per heavy atom. The molecule has 0 radical (unpaired) electrons. The average molecular weight is 265 g/mol. The van der Waals surface area contributed by atoms with Gasteiger partial charge in [-0.1, -0.05) is 0 Å². The SMILES string of the molecule is O=C(CNCc1cncs1)Nc1ccc(F)cc1. The lowest BCUT2D eigenvalue weighted by Crippen LogP contribution is -2.27. The third-order valence-corrected chi connectivity index (χ3v) is 2.98. The molecule has 2 rings (SSSR count). The predicted octanol–water partition coefficient (Wildman–Crippen LogP) is 2.01. The molecule has 2 aromatic rings. The quantitative estimate of drug-likeness (QED) is 0.869. The van der Waals surface area contributed by atoms with Crippen LogP contribution in [0.15, 0.2) is 36.0 Å². The van der Waals surface area contributed by atoms with Crippen LogP contribution in [-0.4, -0.2) is 17.4 Å². The van der Waals surface area contributed by atoms with Crippen LogP contribution in [0.5, 0.6) is 0 Å². The highest BCUT2D eigenvalue weighted by molar-refractivity contribution is 7.09. The van der Waals surface area contributed by atoms with Crippen LogP contribution in [0.2, 0.25) is 0 Å². The van der Waals surface area contributed by atoms with Gasteiger partial charge in [0.1, 0.15) is 5.82 Å². The molecule has 94 valence electrons. The Morgan fingerprint density at radius 3 is 2.78 bits per heavy atom. The highest BCUT2D eigenvalue weighted by atomic mass is 32.1. The van der Waals surface area contributed by atoms with Gasteiger partial charge in [0.2, 0.25) is 5.91 Å². The summed E-state index contributed by atoms with van der Waals surface area (Å²) in [5, 5.41) is 5.67. The van der Waals surface area contributed by atoms with Crippen molar-refractivity contribution in [3.8, 4) is 0 Å². The van der Waals surface area contributed by atoms with Gasteiger partial charge in [0.25, 0.3) is 0 Å². The van der Waals surface area contributed by atoms with E-state index in [9.17, 15) is 9.18 Å². The zero-order chi connectivity index (χ0) is 12.8. The molecule has 1 aromatic heterocycles. The summed E-state index contributed by atoms with van der Waals surface area (Å²) in [6.45, 7) is 0.816. The van der Waals surface area contributed by atoms with Gasteiger partial charge >= 0.3 is 0 Å². The summed E-state index contributed by atoms with van der Waals surface area (Å²) < 4.78 is 12.7. The van der Waals surface area contributed by atoms with E-state index in [1.165, 1.54) is 35.6 Å². The van der Waals surface area contributed by atoms with Crippen LogP contribution >= 0.6 is 11.3 Å². The Bertz CT molecular complexity index is 499. The number of benzene rings is 1. The smallest absolute Gasteiger partial charge is 0.238 e. The second-order valence-corrected chi connectivity index (χ2v) is 4.60. The Kier molecular flexibility index (Phi) is 4.38. The van der Waals surface area contributed by atoms with Gasteiger partial charge in [-0.15, -0.1) is 11.3 Å². The lowest BCUT2D eigenvalue weighted by atomic mass is 10.3. The Morgan fingerprint density at radius 1 is 1.33 bits per heavy atom. The molecule has 0 fully saturated rings. The maximum Gasteiger partial charge on any atom is 0.238 e. The number of nitrogens with zero attached hydrogens (tertiary/aromatic N) is 1. The van der Waals surface area contributed by atoms with Crippen LogP contribution in [0.3, 0.4) is 0 Å². The van der Waals surface area contributed by atoms with E-state index in [1.807, 2.05) is 0 Å². The molecule has 6 heteroatoms. The molecule has 0 aliphatic heterocycles. The molecule has 1 amide bonds. The van der Waals surface area contributed by atoms with E-state index >= 15 is 0 Å². The van der Waals surface area contributed by atoms with Crippen molar-refractivity contribution in [1.29, 1.82) is 0 Å². The molecule has 0 saturated carbocycles. The zero-order valence-electron chi connectivity index (χ0n) is 9.52. The lowest BCUT2D eigenvalue weighted by molar-refractivity contribution is -0.115. The summed E-state index contributed by atoms with van der Waals surface area (Å²) in [4.78, 5) is 16.6. The monoisotopic (exact) mass is 265 g/mol. The maximum absolute atomic E-state index is 12.7. The number of nitrogens with one attached hydrogen (secondary N) is 2. The van der Waals surface area contributed by atoms with Gasteiger partial charge in [-0.3, -0.25) is 9.78 Å². The molecular weight excluding hydrogens is 253 g/mol. The van der Waals surface area contributed by atoms with E-state index in [0.717, 1.165) is 4.88 Å². The number of aromatic nitrogens is 1. The number of amides is 1. The van der Waals surface area contributed by atoms with E-state index in [1.54, 1.807) is 11.7 Å². The standard InChI is InChI=1S/C12H12FN3OS/c13-9-1-3-10(4-2-9)16-12(17)7-14-5-11-6-15-8-18-11/h1-4,6,8,14H,5,7H2,(H,16,17). The number of carbonyl (C=O) groups is 1. The fourth-order valence-corrected chi connectivity index (χ4v) is 1.93. The molecule has 0 unspecified atom stereocenters.